The molecule has 4 N–H and O–H groups in total. The molecule has 0 bridgehead atoms. The average molecular weight is 367 g/mol. The molecule has 3 rings (SSSR count). The zero-order valence-electron chi connectivity index (χ0n) is 13.4. The summed E-state index contributed by atoms with van der Waals surface area (Å²) in [7, 11) is 3.64. The number of likely N-dealkylation sites (N-methyl/N-ethyl adjacent to an activating group) is 1. The summed E-state index contributed by atoms with van der Waals surface area (Å²) in [6, 6.07) is 0.528. The number of fused-ring (bicyclic) bond motifs is 1. The minimum atomic E-state index is 0. The van der Waals surface area contributed by atoms with Crippen LogP contribution in [0.4, 0.5) is 17.6 Å². The van der Waals surface area contributed by atoms with E-state index >= 15 is 0 Å². The lowest BCUT2D eigenvalue weighted by molar-refractivity contribution is 0.0803. The van der Waals surface area contributed by atoms with Gasteiger partial charge < -0.3 is 30.7 Å². The number of nitrogen functional groups attached to an aromatic ring is 1. The van der Waals surface area contributed by atoms with Crippen LogP contribution < -0.4 is 26.0 Å². The molecule has 0 saturated carbocycles. The first-order chi connectivity index (χ1) is 10.1. The topological polar surface area (TPSA) is 97.6 Å². The molecule has 0 radical (unpaired) electrons. The molecule has 1 fully saturated rings. The fourth-order valence-electron chi connectivity index (χ4n) is 2.54. The number of rotatable bonds is 4. The Morgan fingerprint density at radius 3 is 2.70 bits per heavy atom. The van der Waals surface area contributed by atoms with Crippen LogP contribution >= 0.6 is 24.8 Å². The maximum atomic E-state index is 5.89. The van der Waals surface area contributed by atoms with Gasteiger partial charge in [-0.3, -0.25) is 0 Å². The Morgan fingerprint density at radius 1 is 1.39 bits per heavy atom. The summed E-state index contributed by atoms with van der Waals surface area (Å²) >= 11 is 0. The van der Waals surface area contributed by atoms with E-state index in [9.17, 15) is 0 Å². The minimum absolute atomic E-state index is 0. The summed E-state index contributed by atoms with van der Waals surface area (Å²) in [6.07, 6.45) is 0.0236. The number of hydrogen-bond acceptors (Lipinski definition) is 8. The highest BCUT2D eigenvalue weighted by atomic mass is 35.5. The predicted octanol–water partition coefficient (Wildman–Crippen LogP) is 0.518. The fraction of sp³-hybridized carbons (Fsp3) is 0.692. The summed E-state index contributed by atoms with van der Waals surface area (Å²) in [6.45, 7) is 4.29. The maximum Gasteiger partial charge on any atom is 0.224 e. The number of methoxy groups -OCH3 is 1. The third kappa shape index (κ3) is 3.82. The number of anilines is 3. The van der Waals surface area contributed by atoms with Gasteiger partial charge in [0, 0.05) is 26.2 Å². The second kappa shape index (κ2) is 8.05. The van der Waals surface area contributed by atoms with Gasteiger partial charge in [0.25, 0.3) is 0 Å². The smallest absolute Gasteiger partial charge is 0.224 e. The number of hydrogen-bond donors (Lipinski definition) is 3. The van der Waals surface area contributed by atoms with Crippen LogP contribution in [0.15, 0.2) is 0 Å². The molecule has 0 aliphatic carbocycles. The van der Waals surface area contributed by atoms with Crippen LogP contribution in [-0.2, 0) is 4.74 Å². The lowest BCUT2D eigenvalue weighted by Crippen LogP contribution is -2.57. The van der Waals surface area contributed by atoms with Crippen molar-refractivity contribution in [3.63, 3.8) is 0 Å². The lowest BCUT2D eigenvalue weighted by atomic mass is 10.1. The van der Waals surface area contributed by atoms with Crippen LogP contribution in [-0.4, -0.2) is 62.0 Å². The number of aromatic nitrogens is 2. The summed E-state index contributed by atoms with van der Waals surface area (Å²) in [5.41, 5.74) is 5.83. The van der Waals surface area contributed by atoms with Crippen LogP contribution in [0.3, 0.4) is 0 Å². The normalized spacial score (nSPS) is 20.8. The van der Waals surface area contributed by atoms with Crippen molar-refractivity contribution in [2.24, 2.45) is 0 Å². The van der Waals surface area contributed by atoms with Gasteiger partial charge in [0.15, 0.2) is 11.6 Å². The molecule has 0 aromatic carbocycles. The van der Waals surface area contributed by atoms with Crippen molar-refractivity contribution in [3.8, 4) is 5.75 Å². The van der Waals surface area contributed by atoms with E-state index in [1.807, 2.05) is 14.0 Å². The molecular formula is C13H24Cl2N6O2. The summed E-state index contributed by atoms with van der Waals surface area (Å²) in [4.78, 5) is 10.7. The number of halogens is 2. The van der Waals surface area contributed by atoms with Crippen molar-refractivity contribution in [1.29, 1.82) is 0 Å². The zero-order valence-corrected chi connectivity index (χ0v) is 15.0. The molecule has 2 aliphatic heterocycles. The van der Waals surface area contributed by atoms with E-state index in [0.29, 0.717) is 24.2 Å². The molecule has 10 heteroatoms. The van der Waals surface area contributed by atoms with Crippen molar-refractivity contribution in [2.45, 2.75) is 25.1 Å². The Morgan fingerprint density at radius 2 is 2.09 bits per heavy atom. The molecule has 1 aromatic rings. The number of nitrogens with two attached hydrogens (primary N) is 1. The van der Waals surface area contributed by atoms with Crippen molar-refractivity contribution >= 4 is 42.4 Å². The molecule has 3 heterocycles. The van der Waals surface area contributed by atoms with E-state index in [4.69, 9.17) is 15.2 Å². The largest absolute Gasteiger partial charge is 0.484 e. The van der Waals surface area contributed by atoms with Crippen LogP contribution in [0.5, 0.6) is 5.75 Å². The molecule has 0 unspecified atom stereocenters. The first-order valence-electron chi connectivity index (χ1n) is 7.14. The fourth-order valence-corrected chi connectivity index (χ4v) is 2.54. The predicted molar refractivity (Wildman–Crippen MR) is 95.4 cm³/mol. The van der Waals surface area contributed by atoms with E-state index < -0.39 is 0 Å². The van der Waals surface area contributed by atoms with Crippen molar-refractivity contribution < 1.29 is 9.47 Å². The van der Waals surface area contributed by atoms with Gasteiger partial charge in [0.1, 0.15) is 6.61 Å². The molecule has 132 valence electrons. The zero-order chi connectivity index (χ0) is 15.0. The molecule has 1 saturated heterocycles. The second-order valence-corrected chi connectivity index (χ2v) is 5.48. The first-order valence-corrected chi connectivity index (χ1v) is 7.14. The summed E-state index contributed by atoms with van der Waals surface area (Å²) in [5.74, 6) is 2.34. The van der Waals surface area contributed by atoms with Gasteiger partial charge in [-0.1, -0.05) is 0 Å². The molecular weight excluding hydrogens is 343 g/mol. The Hall–Kier alpha value is -1.22. The molecule has 0 amide bonds. The highest BCUT2D eigenvalue weighted by Crippen LogP contribution is 2.38. The van der Waals surface area contributed by atoms with Gasteiger partial charge in [-0.25, -0.2) is 0 Å². The highest BCUT2D eigenvalue weighted by Gasteiger charge is 2.34. The van der Waals surface area contributed by atoms with Gasteiger partial charge in [-0.05, 0) is 14.0 Å². The lowest BCUT2D eigenvalue weighted by Gasteiger charge is -2.41. The average Bonchev–Trinajstić information content (AvgIpc) is 2.44. The van der Waals surface area contributed by atoms with Gasteiger partial charge in [0.2, 0.25) is 11.7 Å². The van der Waals surface area contributed by atoms with E-state index in [-0.39, 0.29) is 42.9 Å². The number of nitrogens with zero attached hydrogens (tertiary/aromatic N) is 3. The molecule has 0 spiro atoms. The SMILES string of the molecule is CNC1CN(c2nc(N)nc3c2OC[C@@H]([C@@H](C)OC)N3)C1.Cl.Cl. The molecule has 23 heavy (non-hydrogen) atoms. The van der Waals surface area contributed by atoms with Crippen LogP contribution in [0, 0.1) is 0 Å². The maximum absolute atomic E-state index is 5.89. The van der Waals surface area contributed by atoms with Gasteiger partial charge in [0.05, 0.1) is 12.1 Å². The molecule has 8 nitrogen and oxygen atoms in total. The van der Waals surface area contributed by atoms with Crippen LogP contribution in [0.1, 0.15) is 6.92 Å². The third-order valence-corrected chi connectivity index (χ3v) is 4.12. The second-order valence-electron chi connectivity index (χ2n) is 5.48. The molecule has 1 aromatic heterocycles. The van der Waals surface area contributed by atoms with Crippen molar-refractivity contribution in [2.75, 3.05) is 49.8 Å². The van der Waals surface area contributed by atoms with Crippen LogP contribution in [0.2, 0.25) is 0 Å². The van der Waals surface area contributed by atoms with E-state index in [1.165, 1.54) is 0 Å². The summed E-state index contributed by atoms with van der Waals surface area (Å²) in [5, 5.41) is 6.57. The van der Waals surface area contributed by atoms with E-state index in [1.54, 1.807) is 7.11 Å². The highest BCUT2D eigenvalue weighted by molar-refractivity contribution is 5.85. The van der Waals surface area contributed by atoms with E-state index in [0.717, 1.165) is 18.9 Å². The number of nitrogens with one attached hydrogen (secondary N) is 2. The van der Waals surface area contributed by atoms with Crippen molar-refractivity contribution in [3.05, 3.63) is 0 Å². The Balaban J connectivity index is 0.00000132. The van der Waals surface area contributed by atoms with E-state index in [2.05, 4.69) is 25.5 Å². The summed E-state index contributed by atoms with van der Waals surface area (Å²) < 4.78 is 11.2. The third-order valence-electron chi connectivity index (χ3n) is 4.12. The monoisotopic (exact) mass is 366 g/mol. The van der Waals surface area contributed by atoms with Gasteiger partial charge in [-0.15, -0.1) is 24.8 Å². The van der Waals surface area contributed by atoms with Gasteiger partial charge in [-0.2, -0.15) is 9.97 Å². The Labute approximate surface area is 148 Å². The Kier molecular flexibility index (Phi) is 6.94. The number of ether oxygens (including phenoxy) is 2. The standard InChI is InChI=1S/C13H22N6O2.2ClH/c1-7(20-3)9-6-21-10-11(16-9)17-13(14)18-12(10)19-4-8(5-19)15-2;;/h7-9,15H,4-6H2,1-3H3,(H3,14,16,17,18);2*1H/t7-,9+;;/m1../s1. The van der Waals surface area contributed by atoms with Gasteiger partial charge >= 0.3 is 0 Å². The molecule has 2 aliphatic rings. The van der Waals surface area contributed by atoms with Crippen molar-refractivity contribution in [1.82, 2.24) is 15.3 Å². The Bertz CT molecular complexity index is 529. The first kappa shape index (κ1) is 19.8. The quantitative estimate of drug-likeness (QED) is 0.709. The van der Waals surface area contributed by atoms with Crippen LogP contribution in [0.25, 0.3) is 0 Å². The minimum Gasteiger partial charge on any atom is -0.484 e. The molecule has 2 atom stereocenters.